The van der Waals surface area contributed by atoms with E-state index < -0.39 is 0 Å². The van der Waals surface area contributed by atoms with Gasteiger partial charge in [0.25, 0.3) is 5.56 Å². The summed E-state index contributed by atoms with van der Waals surface area (Å²) in [5.41, 5.74) is 1.50. The molecule has 1 saturated heterocycles. The Kier molecular flexibility index (Phi) is 6.53. The zero-order valence-electron chi connectivity index (χ0n) is 15.9. The fourth-order valence-corrected chi connectivity index (χ4v) is 3.28. The molecule has 0 saturated carbocycles. The number of aryl methyl sites for hydroxylation is 1. The lowest BCUT2D eigenvalue weighted by Gasteiger charge is -2.27. The van der Waals surface area contributed by atoms with Crippen LogP contribution in [0, 0.1) is 6.92 Å². The van der Waals surface area contributed by atoms with Gasteiger partial charge in [0, 0.05) is 36.5 Å². The summed E-state index contributed by atoms with van der Waals surface area (Å²) in [6, 6.07) is 5.01. The average Bonchev–Trinajstić information content (AvgIpc) is 2.68. The smallest absolute Gasteiger partial charge is 0.255 e. The van der Waals surface area contributed by atoms with Crippen LogP contribution in [0.1, 0.15) is 17.7 Å². The van der Waals surface area contributed by atoms with Gasteiger partial charge in [-0.25, -0.2) is 4.98 Å². The SMILES string of the molecule is COc1ccc(NC(=O)CCc2c(C)nc(N3CCOCC3)[nH]c2=O)cc1Cl. The van der Waals surface area contributed by atoms with Gasteiger partial charge < -0.3 is 19.7 Å². The first-order valence-corrected chi connectivity index (χ1v) is 9.41. The number of nitrogens with zero attached hydrogens (tertiary/aromatic N) is 2. The monoisotopic (exact) mass is 406 g/mol. The summed E-state index contributed by atoms with van der Waals surface area (Å²) in [5.74, 6) is 0.873. The highest BCUT2D eigenvalue weighted by atomic mass is 35.5. The summed E-state index contributed by atoms with van der Waals surface area (Å²) < 4.78 is 10.4. The van der Waals surface area contributed by atoms with Crippen LogP contribution in [0.25, 0.3) is 0 Å². The lowest BCUT2D eigenvalue weighted by molar-refractivity contribution is -0.116. The van der Waals surface area contributed by atoms with Crippen LogP contribution in [-0.2, 0) is 16.0 Å². The molecule has 1 aliphatic heterocycles. The second kappa shape index (κ2) is 9.07. The lowest BCUT2D eigenvalue weighted by Crippen LogP contribution is -2.38. The van der Waals surface area contributed by atoms with E-state index in [-0.39, 0.29) is 17.9 Å². The van der Waals surface area contributed by atoms with E-state index in [2.05, 4.69) is 15.3 Å². The summed E-state index contributed by atoms with van der Waals surface area (Å²) in [4.78, 5) is 34.0. The van der Waals surface area contributed by atoms with Gasteiger partial charge in [-0.15, -0.1) is 0 Å². The number of H-pyrrole nitrogens is 1. The Labute approximate surface area is 167 Å². The topological polar surface area (TPSA) is 96.5 Å². The Morgan fingerprint density at radius 1 is 1.39 bits per heavy atom. The number of aromatic amines is 1. The summed E-state index contributed by atoms with van der Waals surface area (Å²) in [5, 5.41) is 3.19. The number of carbonyl (C=O) groups is 1. The summed E-state index contributed by atoms with van der Waals surface area (Å²) in [7, 11) is 1.53. The standard InChI is InChI=1S/C19H23ClN4O4/c1-12-14(18(26)23-19(21-12)24-7-9-28-10-8-24)4-6-17(25)22-13-3-5-16(27-2)15(20)11-13/h3,5,11H,4,6-10H2,1-2H3,(H,22,25)(H,21,23,26). The van der Waals surface area contributed by atoms with Crippen LogP contribution < -0.4 is 20.5 Å². The minimum Gasteiger partial charge on any atom is -0.495 e. The average molecular weight is 407 g/mol. The molecule has 3 rings (SSSR count). The van der Waals surface area contributed by atoms with Crippen LogP contribution >= 0.6 is 11.6 Å². The van der Waals surface area contributed by atoms with Gasteiger partial charge in [-0.05, 0) is 31.5 Å². The molecule has 0 bridgehead atoms. The summed E-state index contributed by atoms with van der Waals surface area (Å²) in [6.45, 7) is 4.39. The van der Waals surface area contributed by atoms with Crippen molar-refractivity contribution in [2.75, 3.05) is 43.6 Å². The highest BCUT2D eigenvalue weighted by Crippen LogP contribution is 2.27. The van der Waals surface area contributed by atoms with E-state index >= 15 is 0 Å². The number of benzene rings is 1. The first kappa shape index (κ1) is 20.2. The van der Waals surface area contributed by atoms with Gasteiger partial charge in [0.1, 0.15) is 5.75 Å². The Morgan fingerprint density at radius 2 is 2.14 bits per heavy atom. The van der Waals surface area contributed by atoms with Crippen molar-refractivity contribution in [1.29, 1.82) is 0 Å². The molecule has 1 aromatic heterocycles. The maximum absolute atomic E-state index is 12.5. The molecule has 0 radical (unpaired) electrons. The predicted molar refractivity (Wildman–Crippen MR) is 108 cm³/mol. The number of carbonyl (C=O) groups excluding carboxylic acids is 1. The maximum Gasteiger partial charge on any atom is 0.255 e. The second-order valence-electron chi connectivity index (χ2n) is 6.45. The Balaban J connectivity index is 1.63. The van der Waals surface area contributed by atoms with Crippen LogP contribution in [0.2, 0.25) is 5.02 Å². The molecule has 2 N–H and O–H groups in total. The third kappa shape index (κ3) is 4.82. The number of aromatic nitrogens is 2. The second-order valence-corrected chi connectivity index (χ2v) is 6.86. The van der Waals surface area contributed by atoms with Gasteiger partial charge in [-0.2, -0.15) is 0 Å². The van der Waals surface area contributed by atoms with Crippen molar-refractivity contribution in [2.24, 2.45) is 0 Å². The van der Waals surface area contributed by atoms with Crippen molar-refractivity contribution in [3.63, 3.8) is 0 Å². The van der Waals surface area contributed by atoms with Crippen LogP contribution in [0.15, 0.2) is 23.0 Å². The maximum atomic E-state index is 12.5. The van der Waals surface area contributed by atoms with Crippen molar-refractivity contribution in [3.05, 3.63) is 44.8 Å². The Hall–Kier alpha value is -2.58. The van der Waals surface area contributed by atoms with E-state index in [1.165, 1.54) is 7.11 Å². The fourth-order valence-electron chi connectivity index (χ4n) is 3.02. The number of hydrogen-bond acceptors (Lipinski definition) is 6. The molecule has 8 nitrogen and oxygen atoms in total. The lowest BCUT2D eigenvalue weighted by atomic mass is 10.1. The molecule has 2 aromatic rings. The van der Waals surface area contributed by atoms with E-state index in [0.717, 1.165) is 0 Å². The normalized spacial score (nSPS) is 14.0. The number of amides is 1. The Bertz CT molecular complexity index is 909. The quantitative estimate of drug-likeness (QED) is 0.763. The van der Waals surface area contributed by atoms with Crippen LogP contribution in [-0.4, -0.2) is 49.3 Å². The fraction of sp³-hybridized carbons (Fsp3) is 0.421. The van der Waals surface area contributed by atoms with Gasteiger partial charge in [0.15, 0.2) is 0 Å². The first-order chi connectivity index (χ1) is 13.5. The highest BCUT2D eigenvalue weighted by molar-refractivity contribution is 6.32. The number of morpholine rings is 1. The summed E-state index contributed by atoms with van der Waals surface area (Å²) >= 11 is 6.06. The van der Waals surface area contributed by atoms with Crippen molar-refractivity contribution < 1.29 is 14.3 Å². The van der Waals surface area contributed by atoms with Crippen LogP contribution in [0.5, 0.6) is 5.75 Å². The molecule has 0 atom stereocenters. The zero-order valence-corrected chi connectivity index (χ0v) is 16.6. The van der Waals surface area contributed by atoms with E-state index in [4.69, 9.17) is 21.1 Å². The number of rotatable bonds is 6. The molecular weight excluding hydrogens is 384 g/mol. The largest absolute Gasteiger partial charge is 0.495 e. The Morgan fingerprint density at radius 3 is 2.79 bits per heavy atom. The molecule has 1 amide bonds. The highest BCUT2D eigenvalue weighted by Gasteiger charge is 2.17. The van der Waals surface area contributed by atoms with Gasteiger partial charge in [-0.3, -0.25) is 14.6 Å². The first-order valence-electron chi connectivity index (χ1n) is 9.04. The molecule has 9 heteroatoms. The number of anilines is 2. The summed E-state index contributed by atoms with van der Waals surface area (Å²) in [6.07, 6.45) is 0.458. The van der Waals surface area contributed by atoms with E-state index in [9.17, 15) is 9.59 Å². The number of halogens is 1. The van der Waals surface area contributed by atoms with E-state index in [1.54, 1.807) is 25.1 Å². The zero-order chi connectivity index (χ0) is 20.1. The minimum atomic E-state index is -0.214. The molecule has 0 unspecified atom stereocenters. The molecular formula is C19H23ClN4O4. The van der Waals surface area contributed by atoms with Crippen LogP contribution in [0.4, 0.5) is 11.6 Å². The van der Waals surface area contributed by atoms with Crippen LogP contribution in [0.3, 0.4) is 0 Å². The van der Waals surface area contributed by atoms with Crippen molar-refractivity contribution in [2.45, 2.75) is 19.8 Å². The van der Waals surface area contributed by atoms with E-state index in [1.807, 2.05) is 4.90 Å². The van der Waals surface area contributed by atoms with Crippen molar-refractivity contribution >= 4 is 29.1 Å². The molecule has 150 valence electrons. The van der Waals surface area contributed by atoms with Gasteiger partial charge in [-0.1, -0.05) is 11.6 Å². The third-order valence-electron chi connectivity index (χ3n) is 4.56. The van der Waals surface area contributed by atoms with E-state index in [0.29, 0.717) is 66.4 Å². The third-order valence-corrected chi connectivity index (χ3v) is 4.85. The molecule has 1 aliphatic rings. The molecule has 2 heterocycles. The molecule has 1 aromatic carbocycles. The molecule has 28 heavy (non-hydrogen) atoms. The number of methoxy groups -OCH3 is 1. The minimum absolute atomic E-state index is 0.159. The number of nitrogens with one attached hydrogen (secondary N) is 2. The molecule has 0 aliphatic carbocycles. The van der Waals surface area contributed by atoms with Gasteiger partial charge in [0.05, 0.1) is 25.3 Å². The molecule has 1 fully saturated rings. The molecule has 0 spiro atoms. The number of ether oxygens (including phenoxy) is 2. The van der Waals surface area contributed by atoms with Crippen molar-refractivity contribution in [1.82, 2.24) is 9.97 Å². The van der Waals surface area contributed by atoms with Gasteiger partial charge in [0.2, 0.25) is 11.9 Å². The number of hydrogen-bond donors (Lipinski definition) is 2. The van der Waals surface area contributed by atoms with Gasteiger partial charge >= 0.3 is 0 Å². The predicted octanol–water partition coefficient (Wildman–Crippen LogP) is 2.15. The van der Waals surface area contributed by atoms with Crippen molar-refractivity contribution in [3.8, 4) is 5.75 Å².